The summed E-state index contributed by atoms with van der Waals surface area (Å²) in [6.45, 7) is 0. The average molecular weight is 398 g/mol. The second-order valence-corrected chi connectivity index (χ2v) is 6.35. The summed E-state index contributed by atoms with van der Waals surface area (Å²) in [6, 6.07) is 26.4. The van der Waals surface area contributed by atoms with Crippen LogP contribution in [0.25, 0.3) is 0 Å². The number of nitrogens with one attached hydrogen (secondary N) is 2. The fourth-order valence-electron chi connectivity index (χ4n) is 2.86. The molecule has 0 unspecified atom stereocenters. The predicted molar refractivity (Wildman–Crippen MR) is 113 cm³/mol. The molecule has 0 saturated heterocycles. The van der Waals surface area contributed by atoms with E-state index in [0.717, 1.165) is 11.1 Å². The smallest absolute Gasteiger partial charge is 0.269 e. The van der Waals surface area contributed by atoms with Crippen molar-refractivity contribution in [3.05, 3.63) is 118 Å². The first kappa shape index (κ1) is 20.3. The van der Waals surface area contributed by atoms with Crippen LogP contribution in [0.3, 0.4) is 0 Å². The highest BCUT2D eigenvalue weighted by Gasteiger charge is 2.15. The van der Waals surface area contributed by atoms with Crippen molar-refractivity contribution in [3.63, 3.8) is 0 Å². The molecule has 0 fully saturated rings. The Morgan fingerprint density at radius 2 is 1.47 bits per heavy atom. The summed E-state index contributed by atoms with van der Waals surface area (Å²) in [5, 5.41) is 25.9. The molecule has 1 amide bonds. The van der Waals surface area contributed by atoms with Crippen molar-refractivity contribution < 1.29 is 9.72 Å². The molecule has 0 saturated carbocycles. The molecule has 0 aliphatic rings. The number of anilines is 1. The Labute approximate surface area is 173 Å². The molecule has 0 bridgehead atoms. The van der Waals surface area contributed by atoms with Gasteiger partial charge in [-0.2, -0.15) is 5.26 Å². The zero-order valence-electron chi connectivity index (χ0n) is 15.9. The van der Waals surface area contributed by atoms with E-state index in [4.69, 9.17) is 0 Å². The topological polar surface area (TPSA) is 108 Å². The van der Waals surface area contributed by atoms with Crippen LogP contribution in [0.4, 0.5) is 11.4 Å². The molecule has 3 rings (SSSR count). The summed E-state index contributed by atoms with van der Waals surface area (Å²) < 4.78 is 0. The van der Waals surface area contributed by atoms with Crippen LogP contribution >= 0.6 is 0 Å². The quantitative estimate of drug-likeness (QED) is 0.267. The number of nitrogens with zero attached hydrogens (tertiary/aromatic N) is 2. The van der Waals surface area contributed by atoms with Gasteiger partial charge < -0.3 is 10.6 Å². The number of hydrogen-bond donors (Lipinski definition) is 2. The minimum Gasteiger partial charge on any atom is -0.379 e. The Morgan fingerprint density at radius 3 is 1.93 bits per heavy atom. The second kappa shape index (κ2) is 9.66. The van der Waals surface area contributed by atoms with Gasteiger partial charge in [-0.15, -0.1) is 0 Å². The lowest BCUT2D eigenvalue weighted by atomic mass is 9.99. The minimum atomic E-state index is -0.612. The van der Waals surface area contributed by atoms with Gasteiger partial charge in [-0.1, -0.05) is 60.7 Å². The maximum atomic E-state index is 12.5. The minimum absolute atomic E-state index is 0.0840. The molecule has 2 N–H and O–H groups in total. The predicted octanol–water partition coefficient (Wildman–Crippen LogP) is 4.32. The summed E-state index contributed by atoms with van der Waals surface area (Å²) in [7, 11) is 0. The molecule has 0 heterocycles. The molecule has 0 radical (unpaired) electrons. The van der Waals surface area contributed by atoms with Crippen molar-refractivity contribution >= 4 is 17.3 Å². The number of benzene rings is 3. The maximum Gasteiger partial charge on any atom is 0.269 e. The molecular weight excluding hydrogens is 380 g/mol. The van der Waals surface area contributed by atoms with E-state index in [-0.39, 0.29) is 17.3 Å². The van der Waals surface area contributed by atoms with Crippen LogP contribution in [-0.2, 0) is 4.79 Å². The monoisotopic (exact) mass is 398 g/mol. The van der Waals surface area contributed by atoms with Crippen LogP contribution in [0.15, 0.2) is 96.7 Å². The third-order valence-electron chi connectivity index (χ3n) is 4.36. The van der Waals surface area contributed by atoms with Gasteiger partial charge in [0.15, 0.2) is 0 Å². The van der Waals surface area contributed by atoms with Crippen molar-refractivity contribution in [2.45, 2.75) is 6.04 Å². The summed E-state index contributed by atoms with van der Waals surface area (Å²) in [5.74, 6) is -0.612. The number of nitro benzene ring substituents is 1. The first-order valence-corrected chi connectivity index (χ1v) is 9.10. The molecule has 30 heavy (non-hydrogen) atoms. The summed E-state index contributed by atoms with van der Waals surface area (Å²) >= 11 is 0. The Balaban J connectivity index is 1.79. The van der Waals surface area contributed by atoms with Crippen LogP contribution in [0.5, 0.6) is 0 Å². The normalized spacial score (nSPS) is 10.9. The van der Waals surface area contributed by atoms with Gasteiger partial charge in [0.1, 0.15) is 11.6 Å². The molecule has 0 aromatic heterocycles. The fraction of sp³-hybridized carbons (Fsp3) is 0.0435. The van der Waals surface area contributed by atoms with Gasteiger partial charge in [0, 0.05) is 24.0 Å². The van der Waals surface area contributed by atoms with Crippen molar-refractivity contribution in [3.8, 4) is 6.07 Å². The lowest BCUT2D eigenvalue weighted by molar-refractivity contribution is -0.384. The van der Waals surface area contributed by atoms with E-state index in [9.17, 15) is 20.2 Å². The Bertz CT molecular complexity index is 1050. The van der Waals surface area contributed by atoms with Crippen LogP contribution in [0.1, 0.15) is 17.2 Å². The van der Waals surface area contributed by atoms with E-state index >= 15 is 0 Å². The number of hydrogen-bond acceptors (Lipinski definition) is 5. The van der Waals surface area contributed by atoms with Crippen molar-refractivity contribution in [1.82, 2.24) is 5.32 Å². The molecule has 3 aromatic rings. The highest BCUT2D eigenvalue weighted by molar-refractivity contribution is 6.06. The van der Waals surface area contributed by atoms with Crippen LogP contribution in [-0.4, -0.2) is 10.8 Å². The Hall–Kier alpha value is -4.44. The molecular formula is C23H18N4O3. The van der Waals surface area contributed by atoms with E-state index < -0.39 is 10.8 Å². The van der Waals surface area contributed by atoms with Gasteiger partial charge in [-0.3, -0.25) is 14.9 Å². The van der Waals surface area contributed by atoms with E-state index in [0.29, 0.717) is 5.69 Å². The number of carbonyl (C=O) groups is 1. The average Bonchev–Trinajstić information content (AvgIpc) is 2.78. The lowest BCUT2D eigenvalue weighted by Gasteiger charge is -2.19. The molecule has 0 aliphatic carbocycles. The van der Waals surface area contributed by atoms with Crippen molar-refractivity contribution in [2.24, 2.45) is 0 Å². The SMILES string of the molecule is N#C/C(=C/NC(c1ccccc1)c1ccccc1)C(=O)Nc1ccc([N+](=O)[O-])cc1. The maximum absolute atomic E-state index is 12.5. The van der Waals surface area contributed by atoms with Gasteiger partial charge in [0.2, 0.25) is 0 Å². The van der Waals surface area contributed by atoms with Crippen molar-refractivity contribution in [2.75, 3.05) is 5.32 Å². The lowest BCUT2D eigenvalue weighted by Crippen LogP contribution is -2.21. The number of nitriles is 1. The van der Waals surface area contributed by atoms with Crippen LogP contribution in [0.2, 0.25) is 0 Å². The van der Waals surface area contributed by atoms with E-state index in [2.05, 4.69) is 10.6 Å². The molecule has 3 aromatic carbocycles. The van der Waals surface area contributed by atoms with Gasteiger partial charge in [0.05, 0.1) is 11.0 Å². The van der Waals surface area contributed by atoms with E-state index in [1.807, 2.05) is 66.7 Å². The van der Waals surface area contributed by atoms with Crippen LogP contribution in [0, 0.1) is 21.4 Å². The van der Waals surface area contributed by atoms with E-state index in [1.54, 1.807) is 0 Å². The zero-order valence-corrected chi connectivity index (χ0v) is 15.9. The fourth-order valence-corrected chi connectivity index (χ4v) is 2.86. The first-order chi connectivity index (χ1) is 14.6. The number of nitro groups is 1. The molecule has 7 heteroatoms. The van der Waals surface area contributed by atoms with Crippen molar-refractivity contribution in [1.29, 1.82) is 5.26 Å². The Morgan fingerprint density at radius 1 is 0.933 bits per heavy atom. The largest absolute Gasteiger partial charge is 0.379 e. The molecule has 7 nitrogen and oxygen atoms in total. The highest BCUT2D eigenvalue weighted by Crippen LogP contribution is 2.22. The first-order valence-electron chi connectivity index (χ1n) is 9.10. The standard InChI is InChI=1S/C23H18N4O3/c24-15-19(23(28)26-20-11-13-21(14-12-20)27(29)30)16-25-22(17-7-3-1-4-8-17)18-9-5-2-6-10-18/h1-14,16,22,25H,(H,26,28)/b19-16-. The third kappa shape index (κ3) is 5.09. The number of amides is 1. The molecule has 0 spiro atoms. The van der Waals surface area contributed by atoms with E-state index in [1.165, 1.54) is 30.5 Å². The zero-order chi connectivity index (χ0) is 21.3. The summed E-state index contributed by atoms with van der Waals surface area (Å²) in [5.41, 5.74) is 2.11. The van der Waals surface area contributed by atoms with Gasteiger partial charge >= 0.3 is 0 Å². The highest BCUT2D eigenvalue weighted by atomic mass is 16.6. The summed E-state index contributed by atoms with van der Waals surface area (Å²) in [4.78, 5) is 22.7. The molecule has 0 aliphatic heterocycles. The summed E-state index contributed by atoms with van der Waals surface area (Å²) in [6.07, 6.45) is 1.38. The Kier molecular flexibility index (Phi) is 6.54. The number of non-ortho nitro benzene ring substituents is 1. The van der Waals surface area contributed by atoms with Gasteiger partial charge in [-0.25, -0.2) is 0 Å². The molecule has 148 valence electrons. The third-order valence-corrected chi connectivity index (χ3v) is 4.36. The molecule has 0 atom stereocenters. The number of rotatable bonds is 7. The van der Waals surface area contributed by atoms with Crippen LogP contribution < -0.4 is 10.6 Å². The number of carbonyl (C=O) groups excluding carboxylic acids is 1. The van der Waals surface area contributed by atoms with Gasteiger partial charge in [0.25, 0.3) is 11.6 Å². The second-order valence-electron chi connectivity index (χ2n) is 6.35. The van der Waals surface area contributed by atoms with Gasteiger partial charge in [-0.05, 0) is 23.3 Å².